The minimum Gasteiger partial charge on any atom is -0.367 e. The predicted molar refractivity (Wildman–Crippen MR) is 96.4 cm³/mol. The fourth-order valence-corrected chi connectivity index (χ4v) is 4.24. The van der Waals surface area contributed by atoms with Crippen molar-refractivity contribution in [1.82, 2.24) is 5.32 Å². The van der Waals surface area contributed by atoms with E-state index in [1.165, 1.54) is 5.56 Å². The average molecular weight is 350 g/mol. The Labute approximate surface area is 138 Å². The molecule has 0 atom stereocenters. The molecule has 0 spiro atoms. The molecular weight excluding hydrogens is 326 g/mol. The lowest BCUT2D eigenvalue weighted by molar-refractivity contribution is 0.248. The van der Waals surface area contributed by atoms with Crippen LogP contribution in [0.4, 0.5) is 0 Å². The molecule has 0 saturated heterocycles. The molecule has 1 aromatic carbocycles. The Bertz CT molecular complexity index is 405. The van der Waals surface area contributed by atoms with Gasteiger partial charge in [0.2, 0.25) is 0 Å². The van der Waals surface area contributed by atoms with Gasteiger partial charge in [-0.05, 0) is 12.0 Å². The van der Waals surface area contributed by atoms with Crippen molar-refractivity contribution in [3.8, 4) is 0 Å². The first-order chi connectivity index (χ1) is 10.2. The van der Waals surface area contributed by atoms with Gasteiger partial charge in [0.25, 0.3) is 0 Å². The highest BCUT2D eigenvalue weighted by atomic mass is 32.3. The normalized spacial score (nSPS) is 12.1. The number of nitrogens with one attached hydrogen (secondary N) is 1. The molecular formula is C14H23NO3S3. The Kier molecular flexibility index (Phi) is 9.30. The summed E-state index contributed by atoms with van der Waals surface area (Å²) >= 11 is 6.94. The molecule has 0 unspecified atom stereocenters. The van der Waals surface area contributed by atoms with Crippen LogP contribution in [0.2, 0.25) is 0 Å². The zero-order chi connectivity index (χ0) is 15.6. The van der Waals surface area contributed by atoms with Crippen LogP contribution in [0.15, 0.2) is 30.3 Å². The van der Waals surface area contributed by atoms with E-state index in [2.05, 4.69) is 17.4 Å². The van der Waals surface area contributed by atoms with E-state index in [4.69, 9.17) is 24.8 Å². The van der Waals surface area contributed by atoms with Crippen LogP contribution in [0.25, 0.3) is 0 Å². The number of hydrogen-bond acceptors (Lipinski definition) is 5. The molecule has 120 valence electrons. The standard InChI is InChI=1S/C14H23NO3S3/c1-16-21(17-2,18-3)11-7-10-20-14(19)15-12-13-8-5-4-6-9-13/h4-6,8-9H,7,10-12H2,1-3H3,(H,15,19). The van der Waals surface area contributed by atoms with Crippen molar-refractivity contribution in [1.29, 1.82) is 0 Å². The van der Waals surface area contributed by atoms with Crippen LogP contribution in [0.3, 0.4) is 0 Å². The van der Waals surface area contributed by atoms with Gasteiger partial charge in [0, 0.05) is 18.1 Å². The Morgan fingerprint density at radius 3 is 2.33 bits per heavy atom. The largest absolute Gasteiger partial charge is 0.367 e. The predicted octanol–water partition coefficient (Wildman–Crippen LogP) is 3.67. The molecule has 0 radical (unpaired) electrons. The van der Waals surface area contributed by atoms with Crippen molar-refractivity contribution in [2.75, 3.05) is 32.8 Å². The number of benzene rings is 1. The first kappa shape index (κ1) is 18.7. The molecule has 0 amide bonds. The molecule has 0 aliphatic rings. The highest BCUT2D eigenvalue weighted by Crippen LogP contribution is 2.49. The van der Waals surface area contributed by atoms with Crippen molar-refractivity contribution in [3.63, 3.8) is 0 Å². The van der Waals surface area contributed by atoms with Gasteiger partial charge in [-0.25, -0.2) is 0 Å². The smallest absolute Gasteiger partial charge is 0.134 e. The molecule has 4 nitrogen and oxygen atoms in total. The second kappa shape index (κ2) is 10.4. The lowest BCUT2D eigenvalue weighted by Gasteiger charge is -2.33. The summed E-state index contributed by atoms with van der Waals surface area (Å²) in [7, 11) is 3.00. The molecule has 0 fully saturated rings. The van der Waals surface area contributed by atoms with Gasteiger partial charge in [-0.2, -0.15) is 0 Å². The zero-order valence-electron chi connectivity index (χ0n) is 12.7. The van der Waals surface area contributed by atoms with Crippen LogP contribution in [0.5, 0.6) is 0 Å². The van der Waals surface area contributed by atoms with Crippen molar-refractivity contribution in [2.45, 2.75) is 13.0 Å². The van der Waals surface area contributed by atoms with Gasteiger partial charge >= 0.3 is 0 Å². The summed E-state index contributed by atoms with van der Waals surface area (Å²) in [6, 6.07) is 10.2. The summed E-state index contributed by atoms with van der Waals surface area (Å²) in [4.78, 5) is 0. The van der Waals surface area contributed by atoms with Crippen molar-refractivity contribution in [2.24, 2.45) is 0 Å². The summed E-state index contributed by atoms with van der Waals surface area (Å²) in [6.45, 7) is 0.760. The van der Waals surface area contributed by atoms with Crippen LogP contribution in [-0.2, 0) is 19.1 Å². The van der Waals surface area contributed by atoms with Gasteiger partial charge in [0.05, 0.1) is 32.2 Å². The fraction of sp³-hybridized carbons (Fsp3) is 0.500. The first-order valence-corrected chi connectivity index (χ1v) is 9.55. The van der Waals surface area contributed by atoms with Gasteiger partial charge in [-0.3, -0.25) is 12.5 Å². The van der Waals surface area contributed by atoms with Gasteiger partial charge in [-0.1, -0.05) is 54.3 Å². The summed E-state index contributed by atoms with van der Waals surface area (Å²) in [5.41, 5.74) is 1.22. The topological polar surface area (TPSA) is 39.7 Å². The van der Waals surface area contributed by atoms with E-state index >= 15 is 0 Å². The fourth-order valence-electron chi connectivity index (χ4n) is 1.68. The molecule has 0 aromatic heterocycles. The third-order valence-corrected chi connectivity index (χ3v) is 6.52. The van der Waals surface area contributed by atoms with Crippen LogP contribution >= 0.6 is 34.9 Å². The van der Waals surface area contributed by atoms with E-state index in [1.54, 1.807) is 33.1 Å². The Balaban J connectivity index is 2.19. The van der Waals surface area contributed by atoms with Crippen LogP contribution in [0.1, 0.15) is 12.0 Å². The van der Waals surface area contributed by atoms with E-state index in [0.29, 0.717) is 0 Å². The highest BCUT2D eigenvalue weighted by Gasteiger charge is 2.22. The first-order valence-electron chi connectivity index (χ1n) is 6.58. The molecule has 0 heterocycles. The highest BCUT2D eigenvalue weighted by molar-refractivity contribution is 8.23. The summed E-state index contributed by atoms with van der Waals surface area (Å²) in [5, 5.41) is 3.25. The minimum atomic E-state index is -1.84. The Hall–Kier alpha value is -0.310. The maximum absolute atomic E-state index is 5.33. The number of rotatable bonds is 9. The molecule has 0 aliphatic carbocycles. The third-order valence-electron chi connectivity index (χ3n) is 2.81. The van der Waals surface area contributed by atoms with Crippen molar-refractivity contribution >= 4 is 39.2 Å². The summed E-state index contributed by atoms with van der Waals surface area (Å²) in [6.07, 6.45) is 0.919. The Morgan fingerprint density at radius 1 is 1.14 bits per heavy atom. The maximum Gasteiger partial charge on any atom is 0.134 e. The van der Waals surface area contributed by atoms with Crippen LogP contribution in [0, 0.1) is 0 Å². The second-order valence-corrected chi connectivity index (χ2v) is 8.39. The molecule has 21 heavy (non-hydrogen) atoms. The summed E-state index contributed by atoms with van der Waals surface area (Å²) < 4.78 is 16.8. The van der Waals surface area contributed by atoms with E-state index in [9.17, 15) is 0 Å². The van der Waals surface area contributed by atoms with E-state index in [1.807, 2.05) is 18.2 Å². The number of thioether (sulfide) groups is 1. The van der Waals surface area contributed by atoms with Crippen molar-refractivity contribution in [3.05, 3.63) is 35.9 Å². The van der Waals surface area contributed by atoms with Gasteiger partial charge < -0.3 is 5.32 Å². The quantitative estimate of drug-likeness (QED) is 0.542. The van der Waals surface area contributed by atoms with E-state index < -0.39 is 10.9 Å². The molecule has 0 bridgehead atoms. The monoisotopic (exact) mass is 349 g/mol. The second-order valence-electron chi connectivity index (χ2n) is 4.09. The summed E-state index contributed by atoms with van der Waals surface area (Å²) in [5.74, 6) is 1.65. The minimum absolute atomic E-state index is 0.741. The van der Waals surface area contributed by atoms with Crippen LogP contribution < -0.4 is 5.32 Å². The zero-order valence-corrected chi connectivity index (χ0v) is 15.1. The van der Waals surface area contributed by atoms with E-state index in [-0.39, 0.29) is 0 Å². The SMILES string of the molecule is COS(CCCSC(=S)NCc1ccccc1)(OC)OC. The number of thiocarbonyl (C=S) groups is 1. The number of hydrogen-bond donors (Lipinski definition) is 1. The lowest BCUT2D eigenvalue weighted by Crippen LogP contribution is -2.18. The van der Waals surface area contributed by atoms with Gasteiger partial charge in [0.15, 0.2) is 0 Å². The molecule has 7 heteroatoms. The molecule has 1 rings (SSSR count). The molecule has 1 aromatic rings. The lowest BCUT2D eigenvalue weighted by atomic mass is 10.2. The van der Waals surface area contributed by atoms with Crippen molar-refractivity contribution < 1.29 is 12.5 Å². The van der Waals surface area contributed by atoms with Gasteiger partial charge in [-0.15, -0.1) is 0 Å². The third kappa shape index (κ3) is 6.99. The van der Waals surface area contributed by atoms with E-state index in [0.717, 1.165) is 28.8 Å². The Morgan fingerprint density at radius 2 is 1.76 bits per heavy atom. The molecule has 0 aliphatic heterocycles. The maximum atomic E-state index is 5.33. The molecule has 1 N–H and O–H groups in total. The molecule has 0 saturated carbocycles. The van der Waals surface area contributed by atoms with Gasteiger partial charge in [0.1, 0.15) is 4.32 Å². The van der Waals surface area contributed by atoms with Crippen LogP contribution in [-0.4, -0.2) is 37.2 Å². The average Bonchev–Trinajstić information content (AvgIpc) is 2.55.